The number of rotatable bonds is 3. The van der Waals surface area contributed by atoms with E-state index in [4.69, 9.17) is 4.42 Å². The highest BCUT2D eigenvalue weighted by Crippen LogP contribution is 2.25. The molecule has 1 N–H and O–H groups in total. The second kappa shape index (κ2) is 5.13. The van der Waals surface area contributed by atoms with Crippen molar-refractivity contribution in [1.29, 1.82) is 0 Å². The van der Waals surface area contributed by atoms with Crippen molar-refractivity contribution >= 4 is 0 Å². The van der Waals surface area contributed by atoms with Crippen molar-refractivity contribution in [1.82, 2.24) is 15.5 Å². The first-order chi connectivity index (χ1) is 8.87. The van der Waals surface area contributed by atoms with Crippen molar-refractivity contribution in [2.75, 3.05) is 0 Å². The molecule has 2 rings (SSSR count). The van der Waals surface area contributed by atoms with Crippen molar-refractivity contribution in [3.05, 3.63) is 35.2 Å². The number of nitrogens with one attached hydrogen (secondary N) is 1. The van der Waals surface area contributed by atoms with Gasteiger partial charge in [0.25, 0.3) is 0 Å². The molecule has 0 aliphatic carbocycles. The zero-order valence-corrected chi connectivity index (χ0v) is 12.2. The Balaban J connectivity index is 2.22. The average molecular weight is 259 g/mol. The van der Waals surface area contributed by atoms with E-state index >= 15 is 0 Å². The van der Waals surface area contributed by atoms with Crippen molar-refractivity contribution in [2.45, 2.75) is 46.7 Å². The molecule has 4 nitrogen and oxygen atoms in total. The first-order valence-electron chi connectivity index (χ1n) is 6.51. The van der Waals surface area contributed by atoms with Gasteiger partial charge in [-0.05, 0) is 45.7 Å². The molecule has 0 aliphatic rings. The SMILES string of the molecule is Cc1cccc(C)c1-c1nnc(CNC(C)(C)C)o1. The van der Waals surface area contributed by atoms with E-state index in [-0.39, 0.29) is 5.54 Å². The summed E-state index contributed by atoms with van der Waals surface area (Å²) >= 11 is 0. The van der Waals surface area contributed by atoms with Gasteiger partial charge in [0.1, 0.15) is 0 Å². The summed E-state index contributed by atoms with van der Waals surface area (Å²) in [5.74, 6) is 1.22. The molecule has 102 valence electrons. The van der Waals surface area contributed by atoms with Gasteiger partial charge in [-0.2, -0.15) is 0 Å². The Hall–Kier alpha value is -1.68. The van der Waals surface area contributed by atoms with E-state index in [0.29, 0.717) is 18.3 Å². The molecule has 0 fully saturated rings. The van der Waals surface area contributed by atoms with Crippen LogP contribution in [0.4, 0.5) is 0 Å². The Morgan fingerprint density at radius 1 is 1.11 bits per heavy atom. The maximum absolute atomic E-state index is 5.74. The van der Waals surface area contributed by atoms with Gasteiger partial charge in [0.05, 0.1) is 6.54 Å². The first kappa shape index (κ1) is 13.7. The highest BCUT2D eigenvalue weighted by atomic mass is 16.4. The molecule has 0 saturated carbocycles. The average Bonchev–Trinajstić information content (AvgIpc) is 2.74. The second-order valence-electron chi connectivity index (χ2n) is 5.87. The van der Waals surface area contributed by atoms with Crippen LogP contribution in [-0.4, -0.2) is 15.7 Å². The Morgan fingerprint density at radius 2 is 1.74 bits per heavy atom. The van der Waals surface area contributed by atoms with E-state index < -0.39 is 0 Å². The minimum Gasteiger partial charge on any atom is -0.419 e. The topological polar surface area (TPSA) is 51.0 Å². The molecule has 0 unspecified atom stereocenters. The van der Waals surface area contributed by atoms with Gasteiger partial charge < -0.3 is 9.73 Å². The van der Waals surface area contributed by atoms with Crippen LogP contribution in [-0.2, 0) is 6.54 Å². The van der Waals surface area contributed by atoms with E-state index in [1.807, 2.05) is 6.07 Å². The van der Waals surface area contributed by atoms with Gasteiger partial charge in [-0.25, -0.2) is 0 Å². The van der Waals surface area contributed by atoms with Gasteiger partial charge in [0.2, 0.25) is 11.8 Å². The van der Waals surface area contributed by atoms with Gasteiger partial charge in [0, 0.05) is 11.1 Å². The van der Waals surface area contributed by atoms with E-state index in [0.717, 1.165) is 16.7 Å². The maximum Gasteiger partial charge on any atom is 0.248 e. The third-order valence-electron chi connectivity index (χ3n) is 2.93. The molecule has 0 saturated heterocycles. The predicted octanol–water partition coefficient (Wildman–Crippen LogP) is 3.24. The van der Waals surface area contributed by atoms with E-state index in [1.54, 1.807) is 0 Å². The van der Waals surface area contributed by atoms with Crippen molar-refractivity contribution in [3.8, 4) is 11.5 Å². The van der Waals surface area contributed by atoms with E-state index in [2.05, 4.69) is 62.3 Å². The molecule has 1 aromatic heterocycles. The van der Waals surface area contributed by atoms with Gasteiger partial charge in [-0.3, -0.25) is 0 Å². The van der Waals surface area contributed by atoms with Crippen LogP contribution in [0.25, 0.3) is 11.5 Å². The number of nitrogens with zero attached hydrogens (tertiary/aromatic N) is 2. The lowest BCUT2D eigenvalue weighted by Crippen LogP contribution is -2.35. The fraction of sp³-hybridized carbons (Fsp3) is 0.467. The first-order valence-corrected chi connectivity index (χ1v) is 6.51. The number of benzene rings is 1. The van der Waals surface area contributed by atoms with Crippen LogP contribution in [0.2, 0.25) is 0 Å². The summed E-state index contributed by atoms with van der Waals surface area (Å²) in [5.41, 5.74) is 3.38. The van der Waals surface area contributed by atoms with Crippen LogP contribution in [0, 0.1) is 13.8 Å². The lowest BCUT2D eigenvalue weighted by Gasteiger charge is -2.18. The van der Waals surface area contributed by atoms with Crippen molar-refractivity contribution in [2.24, 2.45) is 0 Å². The van der Waals surface area contributed by atoms with E-state index in [1.165, 1.54) is 0 Å². The number of hydrogen-bond donors (Lipinski definition) is 1. The third kappa shape index (κ3) is 3.41. The van der Waals surface area contributed by atoms with Crippen LogP contribution in [0.1, 0.15) is 37.8 Å². The molecule has 0 bridgehead atoms. The van der Waals surface area contributed by atoms with Crippen LogP contribution in [0.5, 0.6) is 0 Å². The molecule has 4 heteroatoms. The largest absolute Gasteiger partial charge is 0.419 e. The number of hydrogen-bond acceptors (Lipinski definition) is 4. The zero-order valence-electron chi connectivity index (χ0n) is 12.2. The molecule has 1 heterocycles. The Kier molecular flexibility index (Phi) is 3.71. The molecule has 0 radical (unpaired) electrons. The lowest BCUT2D eigenvalue weighted by atomic mass is 10.0. The lowest BCUT2D eigenvalue weighted by molar-refractivity contribution is 0.383. The molecule has 1 aromatic carbocycles. The summed E-state index contributed by atoms with van der Waals surface area (Å²) in [6.45, 7) is 11.0. The van der Waals surface area contributed by atoms with Crippen molar-refractivity contribution in [3.63, 3.8) is 0 Å². The molecule has 19 heavy (non-hydrogen) atoms. The third-order valence-corrected chi connectivity index (χ3v) is 2.93. The van der Waals surface area contributed by atoms with E-state index in [9.17, 15) is 0 Å². The monoisotopic (exact) mass is 259 g/mol. The molecule has 0 aliphatic heterocycles. The molecule has 0 spiro atoms. The Labute approximate surface area is 114 Å². The summed E-state index contributed by atoms with van der Waals surface area (Å²) in [5, 5.41) is 11.6. The van der Waals surface area contributed by atoms with Crippen LogP contribution >= 0.6 is 0 Å². The predicted molar refractivity (Wildman–Crippen MR) is 75.8 cm³/mol. The summed E-state index contributed by atoms with van der Waals surface area (Å²) in [7, 11) is 0. The zero-order chi connectivity index (χ0) is 14.0. The van der Waals surface area contributed by atoms with Gasteiger partial charge in [-0.1, -0.05) is 18.2 Å². The Bertz CT molecular complexity index is 547. The Morgan fingerprint density at radius 3 is 2.32 bits per heavy atom. The van der Waals surface area contributed by atoms with Crippen molar-refractivity contribution < 1.29 is 4.42 Å². The minimum absolute atomic E-state index is 0.0349. The van der Waals surface area contributed by atoms with Crippen LogP contribution in [0.3, 0.4) is 0 Å². The van der Waals surface area contributed by atoms with Crippen LogP contribution < -0.4 is 5.32 Å². The summed E-state index contributed by atoms with van der Waals surface area (Å²) < 4.78 is 5.74. The minimum atomic E-state index is 0.0349. The van der Waals surface area contributed by atoms with Gasteiger partial charge in [-0.15, -0.1) is 10.2 Å². The highest BCUT2D eigenvalue weighted by molar-refractivity contribution is 5.62. The number of aromatic nitrogens is 2. The fourth-order valence-corrected chi connectivity index (χ4v) is 1.92. The summed E-state index contributed by atoms with van der Waals surface area (Å²) in [6, 6.07) is 6.14. The fourth-order valence-electron chi connectivity index (χ4n) is 1.92. The molecular formula is C15H21N3O. The maximum atomic E-state index is 5.74. The normalized spacial score (nSPS) is 11.8. The van der Waals surface area contributed by atoms with Crippen LogP contribution in [0.15, 0.2) is 22.6 Å². The molecular weight excluding hydrogens is 238 g/mol. The molecule has 2 aromatic rings. The summed E-state index contributed by atoms with van der Waals surface area (Å²) in [4.78, 5) is 0. The molecule has 0 amide bonds. The molecule has 0 atom stereocenters. The second-order valence-corrected chi connectivity index (χ2v) is 5.87. The standard InChI is InChI=1S/C15H21N3O/c1-10-7-6-8-11(2)13(10)14-18-17-12(19-14)9-16-15(3,4)5/h6-8,16H,9H2,1-5H3. The smallest absolute Gasteiger partial charge is 0.248 e. The van der Waals surface area contributed by atoms with Gasteiger partial charge >= 0.3 is 0 Å². The summed E-state index contributed by atoms with van der Waals surface area (Å²) in [6.07, 6.45) is 0. The number of aryl methyl sites for hydroxylation is 2. The quantitative estimate of drug-likeness (QED) is 0.919. The van der Waals surface area contributed by atoms with Gasteiger partial charge in [0.15, 0.2) is 0 Å². The highest BCUT2D eigenvalue weighted by Gasteiger charge is 2.15.